The zero-order valence-electron chi connectivity index (χ0n) is 17.3. The van der Waals surface area contributed by atoms with E-state index in [1.807, 2.05) is 39.2 Å². The lowest BCUT2D eigenvalue weighted by Crippen LogP contribution is -2.42. The zero-order valence-corrected chi connectivity index (χ0v) is 18.9. The van der Waals surface area contributed by atoms with E-state index in [1.165, 1.54) is 11.3 Å². The molecule has 1 unspecified atom stereocenters. The van der Waals surface area contributed by atoms with Crippen LogP contribution in [-0.4, -0.2) is 73.8 Å². The number of sulfone groups is 1. The van der Waals surface area contributed by atoms with Crippen LogP contribution in [-0.2, 0) is 16.3 Å². The number of thiazole rings is 1. The van der Waals surface area contributed by atoms with Gasteiger partial charge in [0.1, 0.15) is 4.88 Å². The molecule has 1 fully saturated rings. The standard InChI is InChI=1S/C21H29N3O3S2/c1-16-20(28-19(22-16)14-17-8-5-4-6-9-17)21(25)24(12-7-11-23(2)3)18-10-13-29(26,27)15-18/h4-6,8-9,18H,7,10-15H2,1-3H3. The Balaban J connectivity index is 1.79. The fourth-order valence-corrected chi connectivity index (χ4v) is 6.44. The van der Waals surface area contributed by atoms with Crippen LogP contribution in [0, 0.1) is 6.92 Å². The van der Waals surface area contributed by atoms with E-state index in [9.17, 15) is 13.2 Å². The molecule has 1 aromatic heterocycles. The maximum absolute atomic E-state index is 13.4. The summed E-state index contributed by atoms with van der Waals surface area (Å²) in [6, 6.07) is 9.83. The lowest BCUT2D eigenvalue weighted by Gasteiger charge is -2.28. The minimum Gasteiger partial charge on any atom is -0.334 e. The van der Waals surface area contributed by atoms with Gasteiger partial charge in [-0.25, -0.2) is 13.4 Å². The summed E-state index contributed by atoms with van der Waals surface area (Å²) >= 11 is 1.43. The van der Waals surface area contributed by atoms with Crippen LogP contribution in [0.15, 0.2) is 30.3 Å². The van der Waals surface area contributed by atoms with Crippen molar-refractivity contribution in [3.63, 3.8) is 0 Å². The van der Waals surface area contributed by atoms with E-state index in [2.05, 4.69) is 22.0 Å². The number of rotatable bonds is 8. The molecule has 0 bridgehead atoms. The monoisotopic (exact) mass is 435 g/mol. The number of aryl methyl sites for hydroxylation is 1. The maximum Gasteiger partial charge on any atom is 0.266 e. The SMILES string of the molecule is Cc1nc(Cc2ccccc2)sc1C(=O)N(CCCN(C)C)C1CCS(=O)(=O)C1. The summed E-state index contributed by atoms with van der Waals surface area (Å²) in [7, 11) is 0.931. The molecular weight excluding hydrogens is 406 g/mol. The maximum atomic E-state index is 13.4. The van der Waals surface area contributed by atoms with Crippen molar-refractivity contribution in [2.24, 2.45) is 0 Å². The molecule has 0 aliphatic carbocycles. The van der Waals surface area contributed by atoms with Crippen molar-refractivity contribution in [3.8, 4) is 0 Å². The van der Waals surface area contributed by atoms with E-state index >= 15 is 0 Å². The van der Waals surface area contributed by atoms with Crippen LogP contribution in [0.2, 0.25) is 0 Å². The third-order valence-corrected chi connectivity index (χ3v) is 8.04. The first kappa shape index (κ1) is 21.9. The van der Waals surface area contributed by atoms with Gasteiger partial charge in [0.25, 0.3) is 5.91 Å². The second-order valence-electron chi connectivity index (χ2n) is 7.90. The highest BCUT2D eigenvalue weighted by atomic mass is 32.2. The van der Waals surface area contributed by atoms with Crippen LogP contribution in [0.1, 0.15) is 38.8 Å². The molecular formula is C21H29N3O3S2. The Labute approximate surface area is 177 Å². The van der Waals surface area contributed by atoms with Crippen LogP contribution < -0.4 is 0 Å². The molecule has 158 valence electrons. The molecule has 1 atom stereocenters. The first-order valence-electron chi connectivity index (χ1n) is 9.91. The number of carbonyl (C=O) groups is 1. The summed E-state index contributed by atoms with van der Waals surface area (Å²) in [6.07, 6.45) is 2.02. The summed E-state index contributed by atoms with van der Waals surface area (Å²) in [5, 5.41) is 0.907. The Hall–Kier alpha value is -1.77. The number of benzene rings is 1. The highest BCUT2D eigenvalue weighted by molar-refractivity contribution is 7.91. The van der Waals surface area contributed by atoms with Gasteiger partial charge in [0.05, 0.1) is 22.2 Å². The first-order valence-corrected chi connectivity index (χ1v) is 12.6. The van der Waals surface area contributed by atoms with E-state index < -0.39 is 9.84 Å². The van der Waals surface area contributed by atoms with Crippen LogP contribution >= 0.6 is 11.3 Å². The minimum atomic E-state index is -3.06. The van der Waals surface area contributed by atoms with Gasteiger partial charge >= 0.3 is 0 Å². The molecule has 2 heterocycles. The fraction of sp³-hybridized carbons (Fsp3) is 0.524. The lowest BCUT2D eigenvalue weighted by atomic mass is 10.2. The Morgan fingerprint density at radius 1 is 1.21 bits per heavy atom. The zero-order chi connectivity index (χ0) is 21.0. The van der Waals surface area contributed by atoms with Gasteiger partial charge in [-0.1, -0.05) is 30.3 Å². The van der Waals surface area contributed by atoms with Gasteiger partial charge < -0.3 is 9.80 Å². The summed E-state index contributed by atoms with van der Waals surface area (Å²) < 4.78 is 24.0. The molecule has 1 aromatic carbocycles. The van der Waals surface area contributed by atoms with E-state index in [4.69, 9.17) is 0 Å². The number of aromatic nitrogens is 1. The molecule has 1 saturated heterocycles. The van der Waals surface area contributed by atoms with E-state index in [0.717, 1.165) is 29.2 Å². The number of hydrogen-bond donors (Lipinski definition) is 0. The normalized spacial score (nSPS) is 18.3. The Kier molecular flexibility index (Phi) is 7.08. The molecule has 0 saturated carbocycles. The predicted molar refractivity (Wildman–Crippen MR) is 117 cm³/mol. The summed E-state index contributed by atoms with van der Waals surface area (Å²) in [4.78, 5) is 22.5. The van der Waals surface area contributed by atoms with Gasteiger partial charge in [-0.2, -0.15) is 0 Å². The Morgan fingerprint density at radius 2 is 1.93 bits per heavy atom. The van der Waals surface area contributed by atoms with Gasteiger partial charge in [-0.05, 0) is 46.0 Å². The molecule has 3 rings (SSSR count). The third-order valence-electron chi connectivity index (χ3n) is 5.15. The fourth-order valence-electron chi connectivity index (χ4n) is 3.66. The second-order valence-corrected chi connectivity index (χ2v) is 11.2. The average Bonchev–Trinajstić information content (AvgIpc) is 3.20. The molecule has 0 N–H and O–H groups in total. The third kappa shape index (κ3) is 5.87. The number of amides is 1. The van der Waals surface area contributed by atoms with Crippen molar-refractivity contribution in [2.75, 3.05) is 38.7 Å². The van der Waals surface area contributed by atoms with Crippen molar-refractivity contribution in [1.29, 1.82) is 0 Å². The van der Waals surface area contributed by atoms with Crippen LogP contribution in [0.25, 0.3) is 0 Å². The van der Waals surface area contributed by atoms with Gasteiger partial charge in [0, 0.05) is 19.0 Å². The number of hydrogen-bond acceptors (Lipinski definition) is 6. The van der Waals surface area contributed by atoms with E-state index in [0.29, 0.717) is 24.3 Å². The minimum absolute atomic E-state index is 0.0649. The Morgan fingerprint density at radius 3 is 2.55 bits per heavy atom. The molecule has 0 radical (unpaired) electrons. The van der Waals surface area contributed by atoms with E-state index in [1.54, 1.807) is 4.90 Å². The highest BCUT2D eigenvalue weighted by Crippen LogP contribution is 2.26. The molecule has 1 amide bonds. The van der Waals surface area contributed by atoms with Crippen molar-refractivity contribution in [1.82, 2.24) is 14.8 Å². The molecule has 8 heteroatoms. The van der Waals surface area contributed by atoms with Crippen molar-refractivity contribution >= 4 is 27.1 Å². The smallest absolute Gasteiger partial charge is 0.266 e. The van der Waals surface area contributed by atoms with E-state index in [-0.39, 0.29) is 23.5 Å². The van der Waals surface area contributed by atoms with Crippen molar-refractivity contribution in [3.05, 3.63) is 51.5 Å². The van der Waals surface area contributed by atoms with Gasteiger partial charge in [-0.3, -0.25) is 4.79 Å². The quantitative estimate of drug-likeness (QED) is 0.637. The van der Waals surface area contributed by atoms with Gasteiger partial charge in [0.15, 0.2) is 9.84 Å². The molecule has 1 aliphatic heterocycles. The molecule has 29 heavy (non-hydrogen) atoms. The summed E-state index contributed by atoms with van der Waals surface area (Å²) in [5.41, 5.74) is 1.88. The highest BCUT2D eigenvalue weighted by Gasteiger charge is 2.35. The molecule has 2 aromatic rings. The average molecular weight is 436 g/mol. The van der Waals surface area contributed by atoms with Crippen molar-refractivity contribution in [2.45, 2.75) is 32.2 Å². The predicted octanol–water partition coefficient (Wildman–Crippen LogP) is 2.62. The van der Waals surface area contributed by atoms with Gasteiger partial charge in [0.2, 0.25) is 0 Å². The number of carbonyl (C=O) groups excluding carboxylic acids is 1. The Bertz CT molecular complexity index is 939. The topological polar surface area (TPSA) is 70.6 Å². The molecule has 0 spiro atoms. The number of nitrogens with zero attached hydrogens (tertiary/aromatic N) is 3. The van der Waals surface area contributed by atoms with Gasteiger partial charge in [-0.15, -0.1) is 11.3 Å². The van der Waals surface area contributed by atoms with Crippen molar-refractivity contribution < 1.29 is 13.2 Å². The second kappa shape index (κ2) is 9.36. The lowest BCUT2D eigenvalue weighted by molar-refractivity contribution is 0.0694. The largest absolute Gasteiger partial charge is 0.334 e. The molecule has 1 aliphatic rings. The summed E-state index contributed by atoms with van der Waals surface area (Å²) in [5.74, 6) is 0.144. The first-order chi connectivity index (χ1) is 13.7. The summed E-state index contributed by atoms with van der Waals surface area (Å²) in [6.45, 7) is 3.27. The van der Waals surface area contributed by atoms with Crippen LogP contribution in [0.4, 0.5) is 0 Å². The van der Waals surface area contributed by atoms with Crippen LogP contribution in [0.3, 0.4) is 0 Å². The molecule has 6 nitrogen and oxygen atoms in total. The van der Waals surface area contributed by atoms with Crippen LogP contribution in [0.5, 0.6) is 0 Å².